The average molecular weight is 458 g/mol. The van der Waals surface area contributed by atoms with Crippen molar-refractivity contribution in [1.82, 2.24) is 9.88 Å². The lowest BCUT2D eigenvalue weighted by atomic mass is 10.1. The van der Waals surface area contributed by atoms with Crippen LogP contribution in [0.4, 0.5) is 10.1 Å². The number of carbonyl (C=O) groups excluding carboxylic acids is 1. The van der Waals surface area contributed by atoms with Crippen molar-refractivity contribution in [1.29, 1.82) is 0 Å². The van der Waals surface area contributed by atoms with Gasteiger partial charge in [0.15, 0.2) is 5.50 Å². The van der Waals surface area contributed by atoms with Crippen LogP contribution >= 0.6 is 11.8 Å². The monoisotopic (exact) mass is 457 g/mol. The molecule has 1 saturated heterocycles. The van der Waals surface area contributed by atoms with Gasteiger partial charge >= 0.3 is 0 Å². The number of thioether (sulfide) groups is 1. The maximum Gasteiger partial charge on any atom is 0.260 e. The summed E-state index contributed by atoms with van der Waals surface area (Å²) < 4.78 is 16.3. The number of nitrogens with zero attached hydrogens (tertiary/aromatic N) is 1. The van der Waals surface area contributed by atoms with Crippen molar-refractivity contribution in [3.63, 3.8) is 0 Å². The molecule has 1 amide bonds. The molecule has 6 heteroatoms. The molecule has 0 unspecified atom stereocenters. The third kappa shape index (κ3) is 4.52. The second kappa shape index (κ2) is 9.16. The van der Waals surface area contributed by atoms with Gasteiger partial charge in [-0.2, -0.15) is 0 Å². The van der Waals surface area contributed by atoms with Gasteiger partial charge in [-0.15, -0.1) is 0 Å². The number of aromatic nitrogens is 1. The van der Waals surface area contributed by atoms with Crippen molar-refractivity contribution in [2.24, 2.45) is 0 Å². The van der Waals surface area contributed by atoms with Crippen LogP contribution in [-0.4, -0.2) is 16.0 Å². The van der Waals surface area contributed by atoms with Crippen molar-refractivity contribution in [3.8, 4) is 0 Å². The number of amides is 1. The number of para-hydroxylation sites is 1. The number of halogens is 1. The van der Waals surface area contributed by atoms with E-state index in [-0.39, 0.29) is 17.2 Å². The fourth-order valence-electron chi connectivity index (χ4n) is 4.03. The third-order valence-corrected chi connectivity index (χ3v) is 6.82. The van der Waals surface area contributed by atoms with E-state index in [1.807, 2.05) is 59.3 Å². The Morgan fingerprint density at radius 1 is 1.06 bits per heavy atom. The quantitative estimate of drug-likeness (QED) is 0.350. The smallest absolute Gasteiger partial charge is 0.260 e. The first-order valence-corrected chi connectivity index (χ1v) is 11.8. The Morgan fingerprint density at radius 2 is 1.82 bits per heavy atom. The van der Waals surface area contributed by atoms with Gasteiger partial charge in [0.05, 0.1) is 11.4 Å². The zero-order valence-electron chi connectivity index (χ0n) is 18.2. The van der Waals surface area contributed by atoms with E-state index in [0.717, 1.165) is 28.6 Å². The maximum atomic E-state index is 14.2. The molecule has 166 valence electrons. The Balaban J connectivity index is 1.40. The SMILES string of the molecule is CCc1ccc(N[C@@H]2NC(=O)/C(=C/c3cn(Cc4ccccc4F)c4ccccc34)S2)cc1. The van der Waals surface area contributed by atoms with Crippen LogP contribution < -0.4 is 10.6 Å². The number of aryl methyl sites for hydroxylation is 1. The van der Waals surface area contributed by atoms with E-state index in [1.54, 1.807) is 12.1 Å². The highest BCUT2D eigenvalue weighted by Gasteiger charge is 2.27. The molecular weight excluding hydrogens is 433 g/mol. The number of hydrogen-bond donors (Lipinski definition) is 2. The zero-order valence-corrected chi connectivity index (χ0v) is 19.0. The molecule has 5 rings (SSSR count). The maximum absolute atomic E-state index is 14.2. The number of benzene rings is 3. The predicted octanol–water partition coefficient (Wildman–Crippen LogP) is 5.99. The van der Waals surface area contributed by atoms with Crippen LogP contribution in [0.3, 0.4) is 0 Å². The molecule has 2 heterocycles. The van der Waals surface area contributed by atoms with Gasteiger partial charge in [0, 0.05) is 33.9 Å². The summed E-state index contributed by atoms with van der Waals surface area (Å²) in [4.78, 5) is 13.3. The molecule has 1 aliphatic rings. The lowest BCUT2D eigenvalue weighted by Gasteiger charge is -2.12. The molecule has 0 bridgehead atoms. The third-order valence-electron chi connectivity index (χ3n) is 5.80. The van der Waals surface area contributed by atoms with Crippen LogP contribution in [0.5, 0.6) is 0 Å². The fourth-order valence-corrected chi connectivity index (χ4v) is 5.00. The number of anilines is 1. The zero-order chi connectivity index (χ0) is 22.8. The highest BCUT2D eigenvalue weighted by Crippen LogP contribution is 2.33. The molecule has 0 saturated carbocycles. The molecule has 1 fully saturated rings. The van der Waals surface area contributed by atoms with Crippen LogP contribution in [0.2, 0.25) is 0 Å². The molecule has 1 atom stereocenters. The van der Waals surface area contributed by atoms with Gasteiger partial charge in [-0.1, -0.05) is 67.2 Å². The Bertz CT molecular complexity index is 1340. The topological polar surface area (TPSA) is 46.1 Å². The first-order valence-electron chi connectivity index (χ1n) is 11.0. The van der Waals surface area contributed by atoms with Crippen molar-refractivity contribution >= 4 is 40.3 Å². The molecule has 4 aromatic rings. The number of fused-ring (bicyclic) bond motifs is 1. The summed E-state index contributed by atoms with van der Waals surface area (Å²) in [6.07, 6.45) is 4.90. The lowest BCUT2D eigenvalue weighted by molar-refractivity contribution is -0.116. The van der Waals surface area contributed by atoms with Crippen LogP contribution in [0.25, 0.3) is 17.0 Å². The van der Waals surface area contributed by atoms with Crippen molar-refractivity contribution < 1.29 is 9.18 Å². The number of rotatable bonds is 6. The van der Waals surface area contributed by atoms with Gasteiger partial charge in [0.25, 0.3) is 5.91 Å². The first kappa shape index (κ1) is 21.3. The van der Waals surface area contributed by atoms with Crippen molar-refractivity contribution in [2.75, 3.05) is 5.32 Å². The minimum absolute atomic E-state index is 0.103. The molecule has 3 aromatic carbocycles. The molecule has 0 aliphatic carbocycles. The molecule has 1 aliphatic heterocycles. The normalized spacial score (nSPS) is 17.0. The average Bonchev–Trinajstić information content (AvgIpc) is 3.35. The summed E-state index contributed by atoms with van der Waals surface area (Å²) in [6.45, 7) is 2.55. The van der Waals surface area contributed by atoms with Crippen LogP contribution in [0.1, 0.15) is 23.6 Å². The molecule has 4 nitrogen and oxygen atoms in total. The van der Waals surface area contributed by atoms with E-state index in [0.29, 0.717) is 17.0 Å². The number of carbonyl (C=O) groups is 1. The van der Waals surface area contributed by atoms with Crippen LogP contribution in [0, 0.1) is 5.82 Å². The Hall–Kier alpha value is -3.51. The Labute approximate surface area is 196 Å². The van der Waals surface area contributed by atoms with Crippen molar-refractivity contribution in [3.05, 3.63) is 106 Å². The van der Waals surface area contributed by atoms with Gasteiger partial charge in [0.1, 0.15) is 5.82 Å². The molecular formula is C27H24FN3OS. The molecule has 0 spiro atoms. The van der Waals surface area contributed by atoms with E-state index in [1.165, 1.54) is 23.4 Å². The molecule has 0 radical (unpaired) electrons. The molecule has 1 aromatic heterocycles. The summed E-state index contributed by atoms with van der Waals surface area (Å²) in [5.41, 5.74) is 4.57. The standard InChI is InChI=1S/C27H24FN3OS/c1-2-18-11-13-21(14-12-18)29-27-30-26(32)25(33-27)15-20-17-31(24-10-6-4-8-22(20)24)16-19-7-3-5-9-23(19)28/h3-15,17,27,29H,2,16H2,1H3,(H,30,32)/b25-15-/t27-/m1/s1. The number of nitrogens with one attached hydrogen (secondary N) is 2. The minimum atomic E-state index is -0.233. The van der Waals surface area contributed by atoms with Crippen LogP contribution in [0.15, 0.2) is 83.9 Å². The second-order valence-electron chi connectivity index (χ2n) is 8.00. The van der Waals surface area contributed by atoms with Gasteiger partial charge in [-0.05, 0) is 42.3 Å². The van der Waals surface area contributed by atoms with Crippen LogP contribution in [-0.2, 0) is 17.8 Å². The Kier molecular flexibility index (Phi) is 5.92. The van der Waals surface area contributed by atoms with E-state index >= 15 is 0 Å². The van der Waals surface area contributed by atoms with E-state index < -0.39 is 0 Å². The first-order chi connectivity index (χ1) is 16.1. The molecule has 33 heavy (non-hydrogen) atoms. The van der Waals surface area contributed by atoms with Gasteiger partial charge in [0.2, 0.25) is 0 Å². The second-order valence-corrected chi connectivity index (χ2v) is 9.14. The largest absolute Gasteiger partial charge is 0.357 e. The van der Waals surface area contributed by atoms with Gasteiger partial charge in [-0.3, -0.25) is 4.79 Å². The number of hydrogen-bond acceptors (Lipinski definition) is 3. The predicted molar refractivity (Wildman–Crippen MR) is 134 cm³/mol. The lowest BCUT2D eigenvalue weighted by Crippen LogP contribution is -2.30. The van der Waals surface area contributed by atoms with E-state index in [9.17, 15) is 9.18 Å². The minimum Gasteiger partial charge on any atom is -0.357 e. The van der Waals surface area contributed by atoms with E-state index in [4.69, 9.17) is 0 Å². The highest BCUT2D eigenvalue weighted by molar-refractivity contribution is 8.05. The highest BCUT2D eigenvalue weighted by atomic mass is 32.2. The summed E-state index contributed by atoms with van der Waals surface area (Å²) in [6, 6.07) is 23.0. The summed E-state index contributed by atoms with van der Waals surface area (Å²) in [7, 11) is 0. The summed E-state index contributed by atoms with van der Waals surface area (Å²) in [5, 5.41) is 7.38. The van der Waals surface area contributed by atoms with Gasteiger partial charge < -0.3 is 15.2 Å². The summed E-state index contributed by atoms with van der Waals surface area (Å²) >= 11 is 1.46. The fraction of sp³-hybridized carbons (Fsp3) is 0.148. The van der Waals surface area contributed by atoms with Crippen molar-refractivity contribution in [2.45, 2.75) is 25.4 Å². The van der Waals surface area contributed by atoms with E-state index in [2.05, 4.69) is 29.7 Å². The van der Waals surface area contributed by atoms with Gasteiger partial charge in [-0.25, -0.2) is 4.39 Å². The molecule has 2 N–H and O–H groups in total. The summed E-state index contributed by atoms with van der Waals surface area (Å²) in [5.74, 6) is -0.324. The Morgan fingerprint density at radius 3 is 2.61 bits per heavy atom.